The molecule has 0 saturated carbocycles. The Morgan fingerprint density at radius 2 is 1.83 bits per heavy atom. The summed E-state index contributed by atoms with van der Waals surface area (Å²) in [6.45, 7) is 9.80. The van der Waals surface area contributed by atoms with Crippen LogP contribution in [0.4, 0.5) is 4.79 Å². The van der Waals surface area contributed by atoms with Gasteiger partial charge in [-0.3, -0.25) is 9.78 Å². The lowest BCUT2D eigenvalue weighted by atomic mass is 9.92. The van der Waals surface area contributed by atoms with Crippen LogP contribution in [0.3, 0.4) is 0 Å². The predicted molar refractivity (Wildman–Crippen MR) is 177 cm³/mol. The molecule has 12 heteroatoms. The second-order valence-electron chi connectivity index (χ2n) is 12.9. The fourth-order valence-electron chi connectivity index (χ4n) is 5.64. The molecule has 1 aliphatic rings. The zero-order valence-corrected chi connectivity index (χ0v) is 27.9. The second kappa shape index (κ2) is 13.0. The van der Waals surface area contributed by atoms with E-state index in [9.17, 15) is 9.59 Å². The lowest BCUT2D eigenvalue weighted by Gasteiger charge is -2.29. The van der Waals surface area contributed by atoms with E-state index in [1.807, 2.05) is 66.6 Å². The van der Waals surface area contributed by atoms with E-state index in [2.05, 4.69) is 25.5 Å². The molecule has 0 aliphatic carbocycles. The van der Waals surface area contributed by atoms with Crippen molar-refractivity contribution in [2.24, 2.45) is 0 Å². The quantitative estimate of drug-likeness (QED) is 0.190. The molecule has 6 rings (SSSR count). The monoisotopic (exact) mass is 651 g/mol. The minimum absolute atomic E-state index is 0.0905. The molecule has 1 N–H and O–H groups in total. The third-order valence-electron chi connectivity index (χ3n) is 7.76. The van der Waals surface area contributed by atoms with Gasteiger partial charge in [-0.1, -0.05) is 30.3 Å². The molecule has 2 unspecified atom stereocenters. The van der Waals surface area contributed by atoms with Gasteiger partial charge in [-0.25, -0.2) is 14.8 Å². The molecular weight excluding hydrogens is 614 g/mol. The van der Waals surface area contributed by atoms with Crippen LogP contribution >= 0.6 is 11.3 Å². The predicted octanol–water partition coefficient (Wildman–Crippen LogP) is 6.92. The number of hydrogen-bond acceptors (Lipinski definition) is 10. The van der Waals surface area contributed by atoms with Crippen molar-refractivity contribution in [2.45, 2.75) is 71.1 Å². The summed E-state index contributed by atoms with van der Waals surface area (Å²) in [6, 6.07) is 16.8. The Bertz CT molecular complexity index is 1870. The summed E-state index contributed by atoms with van der Waals surface area (Å²) in [7, 11) is 0. The van der Waals surface area contributed by atoms with Crippen LogP contribution in [-0.4, -0.2) is 54.2 Å². The SMILES string of the molecule is Cc1csc(C2CCCN2C(=O)c2cc(-c3cccnc3)nc(-c3nnc(C(C)(Cc4ccccc4)NC(=O)OC(C)(C)C)o3)c2)n1. The molecule has 11 nitrogen and oxygen atoms in total. The van der Waals surface area contributed by atoms with E-state index >= 15 is 0 Å². The standard InChI is InChI=1S/C35H37N7O4S/c1-22-21-47-30(37-22)28-14-10-16-42(28)31(43)25-17-26(24-13-9-15-36-20-24)38-27(18-25)29-40-41-32(45-29)35(5,19-23-11-7-6-8-12-23)39-33(44)46-34(2,3)4/h6-9,11-13,15,17-18,20-21,28H,10,14,16,19H2,1-5H3,(H,39,44). The lowest BCUT2D eigenvalue weighted by Crippen LogP contribution is -2.47. The number of benzene rings is 1. The van der Waals surface area contributed by atoms with E-state index in [0.717, 1.165) is 34.7 Å². The Morgan fingerprint density at radius 1 is 1.04 bits per heavy atom. The first-order valence-electron chi connectivity index (χ1n) is 15.5. The molecule has 47 heavy (non-hydrogen) atoms. The number of carbonyl (C=O) groups excluding carboxylic acids is 2. The van der Waals surface area contributed by atoms with Crippen molar-refractivity contribution in [3.8, 4) is 22.8 Å². The number of amides is 2. The van der Waals surface area contributed by atoms with Crippen LogP contribution in [0.15, 0.2) is 76.8 Å². The van der Waals surface area contributed by atoms with Gasteiger partial charge in [0.1, 0.15) is 21.8 Å². The molecule has 4 aromatic heterocycles. The second-order valence-corrected chi connectivity index (χ2v) is 13.8. The molecule has 1 saturated heterocycles. The zero-order valence-electron chi connectivity index (χ0n) is 27.1. The van der Waals surface area contributed by atoms with Crippen molar-refractivity contribution in [2.75, 3.05) is 6.54 Å². The maximum Gasteiger partial charge on any atom is 0.408 e. The fraction of sp³-hybridized carbons (Fsp3) is 0.343. The number of rotatable bonds is 8. The minimum Gasteiger partial charge on any atom is -0.444 e. The van der Waals surface area contributed by atoms with Crippen LogP contribution in [-0.2, 0) is 16.7 Å². The third-order valence-corrected chi connectivity index (χ3v) is 8.82. The number of likely N-dealkylation sites (tertiary alicyclic amines) is 1. The molecular formula is C35H37N7O4S. The van der Waals surface area contributed by atoms with Gasteiger partial charge in [0.15, 0.2) is 0 Å². The normalized spacial score (nSPS) is 16.1. The number of ether oxygens (including phenoxy) is 1. The van der Waals surface area contributed by atoms with Crippen LogP contribution in [0.25, 0.3) is 22.8 Å². The van der Waals surface area contributed by atoms with E-state index in [-0.39, 0.29) is 23.7 Å². The van der Waals surface area contributed by atoms with Crippen molar-refractivity contribution in [1.82, 2.24) is 35.4 Å². The van der Waals surface area contributed by atoms with Crippen LogP contribution in [0.1, 0.15) is 79.1 Å². The van der Waals surface area contributed by atoms with Crippen LogP contribution < -0.4 is 5.32 Å². The van der Waals surface area contributed by atoms with Crippen molar-refractivity contribution in [3.63, 3.8) is 0 Å². The first-order chi connectivity index (χ1) is 22.5. The van der Waals surface area contributed by atoms with E-state index in [1.165, 1.54) is 0 Å². The molecule has 242 valence electrons. The van der Waals surface area contributed by atoms with Crippen molar-refractivity contribution >= 4 is 23.3 Å². The molecule has 2 atom stereocenters. The van der Waals surface area contributed by atoms with Crippen molar-refractivity contribution < 1.29 is 18.7 Å². The molecule has 1 aromatic carbocycles. The van der Waals surface area contributed by atoms with Gasteiger partial charge in [-0.05, 0) is 77.3 Å². The Morgan fingerprint density at radius 3 is 2.53 bits per heavy atom. The van der Waals surface area contributed by atoms with Gasteiger partial charge in [0.25, 0.3) is 11.8 Å². The van der Waals surface area contributed by atoms with Gasteiger partial charge in [-0.2, -0.15) is 0 Å². The average Bonchev–Trinajstić information content (AvgIpc) is 3.82. The Balaban J connectivity index is 1.38. The average molecular weight is 652 g/mol. The van der Waals surface area contributed by atoms with E-state index < -0.39 is 17.2 Å². The van der Waals surface area contributed by atoms with Gasteiger partial charge in [0.2, 0.25) is 5.89 Å². The summed E-state index contributed by atoms with van der Waals surface area (Å²) in [5.41, 5.74) is 2.11. The number of carbonyl (C=O) groups is 2. The van der Waals surface area contributed by atoms with Gasteiger partial charge < -0.3 is 19.4 Å². The number of pyridine rings is 2. The van der Waals surface area contributed by atoms with Gasteiger partial charge >= 0.3 is 6.09 Å². The highest BCUT2D eigenvalue weighted by molar-refractivity contribution is 7.09. The number of aromatic nitrogens is 5. The van der Waals surface area contributed by atoms with Gasteiger partial charge in [0.05, 0.1) is 11.7 Å². The van der Waals surface area contributed by atoms with E-state index in [0.29, 0.717) is 29.9 Å². The number of nitrogens with zero attached hydrogens (tertiary/aromatic N) is 6. The molecule has 0 spiro atoms. The highest BCUT2D eigenvalue weighted by atomic mass is 32.1. The Kier molecular flexibility index (Phi) is 8.87. The number of hydrogen-bond donors (Lipinski definition) is 1. The number of alkyl carbamates (subject to hydrolysis) is 1. The van der Waals surface area contributed by atoms with Crippen molar-refractivity contribution in [1.29, 1.82) is 0 Å². The maximum atomic E-state index is 14.1. The zero-order chi connectivity index (χ0) is 33.2. The molecule has 5 aromatic rings. The van der Waals surface area contributed by atoms with Gasteiger partial charge in [0, 0.05) is 47.6 Å². The summed E-state index contributed by atoms with van der Waals surface area (Å²) >= 11 is 1.58. The minimum atomic E-state index is -1.12. The molecule has 0 bridgehead atoms. The van der Waals surface area contributed by atoms with Crippen LogP contribution in [0, 0.1) is 6.92 Å². The number of nitrogens with one attached hydrogen (secondary N) is 1. The Labute approximate surface area is 277 Å². The molecule has 5 heterocycles. The summed E-state index contributed by atoms with van der Waals surface area (Å²) in [4.78, 5) is 42.8. The first kappa shape index (κ1) is 32.0. The summed E-state index contributed by atoms with van der Waals surface area (Å²) in [6.07, 6.45) is 4.85. The largest absolute Gasteiger partial charge is 0.444 e. The molecule has 0 radical (unpaired) electrons. The molecule has 1 fully saturated rings. The van der Waals surface area contributed by atoms with Gasteiger partial charge in [-0.15, -0.1) is 21.5 Å². The lowest BCUT2D eigenvalue weighted by molar-refractivity contribution is 0.0443. The summed E-state index contributed by atoms with van der Waals surface area (Å²) in [5, 5.41) is 14.6. The molecule has 2 amide bonds. The van der Waals surface area contributed by atoms with Crippen molar-refractivity contribution in [3.05, 3.63) is 100 Å². The van der Waals surface area contributed by atoms with E-state index in [1.54, 1.807) is 56.6 Å². The third kappa shape index (κ3) is 7.38. The number of aryl methyl sites for hydroxylation is 1. The highest BCUT2D eigenvalue weighted by Gasteiger charge is 2.37. The summed E-state index contributed by atoms with van der Waals surface area (Å²) in [5.74, 6) is 0.149. The van der Waals surface area contributed by atoms with E-state index in [4.69, 9.17) is 14.1 Å². The molecule has 1 aliphatic heterocycles. The Hall–Kier alpha value is -4.97. The maximum absolute atomic E-state index is 14.1. The van der Waals surface area contributed by atoms with Crippen LogP contribution in [0.2, 0.25) is 0 Å². The topological polar surface area (TPSA) is 136 Å². The fourth-order valence-corrected chi connectivity index (χ4v) is 6.58. The first-order valence-corrected chi connectivity index (χ1v) is 16.4. The summed E-state index contributed by atoms with van der Waals surface area (Å²) < 4.78 is 11.9. The van der Waals surface area contributed by atoms with Crippen LogP contribution in [0.5, 0.6) is 0 Å². The number of thiazole rings is 1. The smallest absolute Gasteiger partial charge is 0.408 e. The highest BCUT2D eigenvalue weighted by Crippen LogP contribution is 2.36.